The third kappa shape index (κ3) is 3.24. The van der Waals surface area contributed by atoms with Gasteiger partial charge in [-0.2, -0.15) is 0 Å². The third-order valence-electron chi connectivity index (χ3n) is 6.14. The molecule has 1 saturated carbocycles. The van der Waals surface area contributed by atoms with E-state index in [2.05, 4.69) is 27.4 Å². The fourth-order valence-corrected chi connectivity index (χ4v) is 4.37. The summed E-state index contributed by atoms with van der Waals surface area (Å²) in [6.45, 7) is 2.57. The second-order valence-corrected chi connectivity index (χ2v) is 8.21. The molecule has 2 aromatic heterocycles. The number of rotatable bonds is 5. The van der Waals surface area contributed by atoms with Crippen LogP contribution in [0, 0.1) is 0 Å². The highest BCUT2D eigenvalue weighted by Gasteiger charge is 2.28. The molecule has 2 heterocycles. The molecule has 3 aromatic rings. The van der Waals surface area contributed by atoms with Crippen molar-refractivity contribution in [3.8, 4) is 0 Å². The molecule has 0 aliphatic heterocycles. The number of aromatic nitrogens is 3. The highest BCUT2D eigenvalue weighted by Crippen LogP contribution is 2.39. The number of hydrogen-bond acceptors (Lipinski definition) is 4. The fourth-order valence-electron chi connectivity index (χ4n) is 4.37. The first-order valence-electron chi connectivity index (χ1n) is 10.6. The summed E-state index contributed by atoms with van der Waals surface area (Å²) < 4.78 is 1.42. The van der Waals surface area contributed by atoms with Crippen LogP contribution in [-0.4, -0.2) is 20.4 Å². The summed E-state index contributed by atoms with van der Waals surface area (Å²) in [6, 6.07) is 8.07. The van der Waals surface area contributed by atoms with Gasteiger partial charge in [0, 0.05) is 24.7 Å². The molecular formula is C23H24N4O3. The minimum Gasteiger partial charge on any atom is -0.348 e. The smallest absolute Gasteiger partial charge is 0.329 e. The van der Waals surface area contributed by atoms with Crippen molar-refractivity contribution in [3.05, 3.63) is 73.1 Å². The average molecular weight is 404 g/mol. The van der Waals surface area contributed by atoms with Crippen molar-refractivity contribution in [2.24, 2.45) is 0 Å². The van der Waals surface area contributed by atoms with Crippen molar-refractivity contribution in [2.45, 2.75) is 58.0 Å². The van der Waals surface area contributed by atoms with E-state index in [4.69, 9.17) is 0 Å². The van der Waals surface area contributed by atoms with Crippen LogP contribution in [0.2, 0.25) is 0 Å². The molecular weight excluding hydrogens is 380 g/mol. The van der Waals surface area contributed by atoms with E-state index >= 15 is 0 Å². The van der Waals surface area contributed by atoms with E-state index in [-0.39, 0.29) is 22.8 Å². The lowest BCUT2D eigenvalue weighted by atomic mass is 10.1. The molecule has 7 heteroatoms. The first-order chi connectivity index (χ1) is 14.5. The number of carbonyl (C=O) groups is 1. The van der Waals surface area contributed by atoms with Gasteiger partial charge < -0.3 is 5.32 Å². The van der Waals surface area contributed by atoms with Gasteiger partial charge in [-0.1, -0.05) is 18.2 Å². The summed E-state index contributed by atoms with van der Waals surface area (Å²) >= 11 is 0. The molecule has 154 valence electrons. The lowest BCUT2D eigenvalue weighted by Crippen LogP contribution is -2.33. The predicted octanol–water partition coefficient (Wildman–Crippen LogP) is 2.40. The summed E-state index contributed by atoms with van der Waals surface area (Å²) in [6.07, 6.45) is 5.40. The van der Waals surface area contributed by atoms with Crippen LogP contribution in [0.15, 0.2) is 33.9 Å². The van der Waals surface area contributed by atoms with E-state index in [1.165, 1.54) is 22.1 Å². The number of hydrogen-bond donors (Lipinski definition) is 2. The number of fused-ring (bicyclic) bond motifs is 2. The molecule has 0 radical (unpaired) electrons. The van der Waals surface area contributed by atoms with Crippen LogP contribution in [0.5, 0.6) is 0 Å². The Kier molecular flexibility index (Phi) is 4.53. The van der Waals surface area contributed by atoms with Crippen LogP contribution in [-0.2, 0) is 25.9 Å². The molecule has 2 N–H and O–H groups in total. The number of aryl methyl sites for hydroxylation is 3. The van der Waals surface area contributed by atoms with Crippen molar-refractivity contribution in [1.29, 1.82) is 0 Å². The van der Waals surface area contributed by atoms with Gasteiger partial charge in [0.1, 0.15) is 0 Å². The summed E-state index contributed by atoms with van der Waals surface area (Å²) in [5.74, 6) is -0.0334. The molecule has 2 aliphatic rings. The van der Waals surface area contributed by atoms with Crippen molar-refractivity contribution in [2.75, 3.05) is 0 Å². The molecule has 0 bridgehead atoms. The Morgan fingerprint density at radius 3 is 2.77 bits per heavy atom. The first-order valence-corrected chi connectivity index (χ1v) is 10.6. The first kappa shape index (κ1) is 18.8. The van der Waals surface area contributed by atoms with E-state index in [0.29, 0.717) is 18.7 Å². The Morgan fingerprint density at radius 1 is 1.20 bits per heavy atom. The van der Waals surface area contributed by atoms with Crippen molar-refractivity contribution in [1.82, 2.24) is 19.9 Å². The molecule has 0 saturated heterocycles. The lowest BCUT2D eigenvalue weighted by molar-refractivity contribution is 0.0952. The number of aromatic amines is 1. The molecule has 5 rings (SSSR count). The predicted molar refractivity (Wildman–Crippen MR) is 114 cm³/mol. The lowest BCUT2D eigenvalue weighted by Gasteiger charge is -2.13. The molecule has 0 spiro atoms. The van der Waals surface area contributed by atoms with Crippen LogP contribution >= 0.6 is 0 Å². The molecule has 7 nitrogen and oxygen atoms in total. The fraction of sp³-hybridized carbons (Fsp3) is 0.391. The summed E-state index contributed by atoms with van der Waals surface area (Å²) in [4.78, 5) is 44.9. The minimum atomic E-state index is -0.572. The van der Waals surface area contributed by atoms with E-state index < -0.39 is 11.2 Å². The van der Waals surface area contributed by atoms with Gasteiger partial charge in [0.2, 0.25) is 0 Å². The largest absolute Gasteiger partial charge is 0.348 e. The highest BCUT2D eigenvalue weighted by molar-refractivity contribution is 6.05. The van der Waals surface area contributed by atoms with Crippen molar-refractivity contribution < 1.29 is 4.79 Å². The Bertz CT molecular complexity index is 1280. The zero-order chi connectivity index (χ0) is 20.8. The number of benzene rings is 1. The van der Waals surface area contributed by atoms with Gasteiger partial charge in [-0.25, -0.2) is 9.78 Å². The van der Waals surface area contributed by atoms with Gasteiger partial charge in [0.05, 0.1) is 10.9 Å². The molecule has 1 fully saturated rings. The standard InChI is InChI=1S/C23H24N4O3/c1-2-27-20-19(22(29)26-23(27)30)17(11-18(25-20)15-8-9-15)21(28)24-12-13-6-7-14-4-3-5-16(14)10-13/h6-7,10-11,15H,2-5,8-9,12H2,1H3,(H,24,28)(H,26,29,30). The Hall–Kier alpha value is -3.22. The maximum atomic E-state index is 13.1. The van der Waals surface area contributed by atoms with Crippen LogP contribution in [0.25, 0.3) is 11.0 Å². The second kappa shape index (κ2) is 7.23. The molecule has 1 amide bonds. The van der Waals surface area contributed by atoms with Gasteiger partial charge >= 0.3 is 5.69 Å². The van der Waals surface area contributed by atoms with Gasteiger partial charge in [-0.15, -0.1) is 0 Å². The topological polar surface area (TPSA) is 96.9 Å². The number of carbonyl (C=O) groups excluding carboxylic acids is 1. The molecule has 0 unspecified atom stereocenters. The van der Waals surface area contributed by atoms with Gasteiger partial charge in [-0.05, 0) is 61.8 Å². The Morgan fingerprint density at radius 2 is 2.00 bits per heavy atom. The summed E-state index contributed by atoms with van der Waals surface area (Å²) in [7, 11) is 0. The quantitative estimate of drug-likeness (QED) is 0.682. The molecule has 0 atom stereocenters. The Labute approximate surface area is 173 Å². The molecule has 2 aliphatic carbocycles. The van der Waals surface area contributed by atoms with Gasteiger partial charge in [0.25, 0.3) is 11.5 Å². The molecule has 30 heavy (non-hydrogen) atoms. The van der Waals surface area contributed by atoms with Gasteiger partial charge in [0.15, 0.2) is 5.65 Å². The number of nitrogens with one attached hydrogen (secondary N) is 2. The van der Waals surface area contributed by atoms with Gasteiger partial charge in [-0.3, -0.25) is 19.1 Å². The van der Waals surface area contributed by atoms with Crippen LogP contribution in [0.1, 0.15) is 64.8 Å². The van der Waals surface area contributed by atoms with Crippen LogP contribution < -0.4 is 16.6 Å². The second-order valence-electron chi connectivity index (χ2n) is 8.21. The third-order valence-corrected chi connectivity index (χ3v) is 6.14. The van der Waals surface area contributed by atoms with Crippen LogP contribution in [0.4, 0.5) is 0 Å². The van der Waals surface area contributed by atoms with Crippen molar-refractivity contribution in [3.63, 3.8) is 0 Å². The number of amides is 1. The maximum Gasteiger partial charge on any atom is 0.329 e. The van der Waals surface area contributed by atoms with E-state index in [1.54, 1.807) is 6.07 Å². The normalized spacial score (nSPS) is 15.4. The maximum absolute atomic E-state index is 13.1. The Balaban J connectivity index is 1.53. The average Bonchev–Trinajstić information content (AvgIpc) is 3.49. The van der Waals surface area contributed by atoms with E-state index in [0.717, 1.165) is 36.9 Å². The van der Waals surface area contributed by atoms with Crippen molar-refractivity contribution >= 4 is 16.9 Å². The monoisotopic (exact) mass is 404 g/mol. The number of nitrogens with zero attached hydrogens (tertiary/aromatic N) is 2. The number of pyridine rings is 1. The minimum absolute atomic E-state index is 0.173. The summed E-state index contributed by atoms with van der Waals surface area (Å²) in [5.41, 5.74) is 4.07. The zero-order valence-corrected chi connectivity index (χ0v) is 17.0. The number of H-pyrrole nitrogens is 1. The SMILES string of the molecule is CCn1c(=O)[nH]c(=O)c2c(C(=O)NCc3ccc4c(c3)CCC4)cc(C3CC3)nc21. The molecule has 1 aromatic carbocycles. The van der Waals surface area contributed by atoms with E-state index in [9.17, 15) is 14.4 Å². The van der Waals surface area contributed by atoms with Crippen LogP contribution in [0.3, 0.4) is 0 Å². The zero-order valence-electron chi connectivity index (χ0n) is 17.0. The summed E-state index contributed by atoms with van der Waals surface area (Å²) in [5, 5.41) is 3.13. The highest BCUT2D eigenvalue weighted by atomic mass is 16.2. The van der Waals surface area contributed by atoms with E-state index in [1.807, 2.05) is 13.0 Å².